The standard InChI is InChI=1S/C28H27NO3/c1-4-21-11-8-12-23-24(17-29-26(21)23)27(31)28(22-9-6-5-7-10-22)32-25(30)16-20-14-13-18(2)19(3)15-20/h5-15,17,28-29H,4,16H2,1-3H3/t28-/m1/s1. The number of ketones is 1. The smallest absolute Gasteiger partial charge is 0.311 e. The highest BCUT2D eigenvalue weighted by molar-refractivity contribution is 6.11. The number of esters is 1. The number of hydrogen-bond acceptors (Lipinski definition) is 3. The number of fused-ring (bicyclic) bond motifs is 1. The molecule has 0 fully saturated rings. The molecule has 0 saturated heterocycles. The summed E-state index contributed by atoms with van der Waals surface area (Å²) in [6.07, 6.45) is 1.70. The molecule has 0 unspecified atom stereocenters. The first kappa shape index (κ1) is 21.6. The number of ether oxygens (including phenoxy) is 1. The molecule has 1 aromatic heterocycles. The van der Waals surface area contributed by atoms with Crippen LogP contribution in [-0.2, 0) is 22.4 Å². The van der Waals surface area contributed by atoms with Gasteiger partial charge in [-0.3, -0.25) is 9.59 Å². The molecular formula is C28H27NO3. The molecule has 0 bridgehead atoms. The van der Waals surface area contributed by atoms with E-state index in [9.17, 15) is 9.59 Å². The number of carbonyl (C=O) groups excluding carboxylic acids is 2. The fourth-order valence-corrected chi connectivity index (χ4v) is 4.01. The van der Waals surface area contributed by atoms with Gasteiger partial charge in [-0.2, -0.15) is 0 Å². The Balaban J connectivity index is 1.65. The molecule has 4 nitrogen and oxygen atoms in total. The number of Topliss-reactive ketones (excluding diaryl/α,β-unsaturated/α-hetero) is 1. The van der Waals surface area contributed by atoms with Crippen LogP contribution in [0.25, 0.3) is 10.9 Å². The van der Waals surface area contributed by atoms with Gasteiger partial charge < -0.3 is 9.72 Å². The number of nitrogens with one attached hydrogen (secondary N) is 1. The molecule has 32 heavy (non-hydrogen) atoms. The molecule has 4 aromatic rings. The van der Waals surface area contributed by atoms with Gasteiger partial charge in [0.2, 0.25) is 5.78 Å². The molecule has 0 spiro atoms. The molecule has 0 aliphatic rings. The summed E-state index contributed by atoms with van der Waals surface area (Å²) in [6, 6.07) is 21.0. The quantitative estimate of drug-likeness (QED) is 0.289. The van der Waals surface area contributed by atoms with Gasteiger partial charge in [0.25, 0.3) is 0 Å². The van der Waals surface area contributed by atoms with Crippen LogP contribution in [0.2, 0.25) is 0 Å². The van der Waals surface area contributed by atoms with Crippen molar-refractivity contribution in [2.45, 2.75) is 39.7 Å². The van der Waals surface area contributed by atoms with Crippen LogP contribution in [0.3, 0.4) is 0 Å². The van der Waals surface area contributed by atoms with E-state index in [0.717, 1.165) is 34.0 Å². The van der Waals surface area contributed by atoms with E-state index in [1.165, 1.54) is 5.56 Å². The summed E-state index contributed by atoms with van der Waals surface area (Å²) in [5.74, 6) is -0.659. The normalized spacial score (nSPS) is 12.0. The number of aryl methyl sites for hydroxylation is 3. The largest absolute Gasteiger partial charge is 0.449 e. The predicted octanol–water partition coefficient (Wildman–Crippen LogP) is 6.06. The number of carbonyl (C=O) groups is 2. The number of benzene rings is 3. The number of H-pyrrole nitrogens is 1. The Labute approximate surface area is 188 Å². The van der Waals surface area contributed by atoms with Crippen molar-refractivity contribution in [2.75, 3.05) is 0 Å². The molecule has 0 radical (unpaired) electrons. The van der Waals surface area contributed by atoms with Crippen LogP contribution in [-0.4, -0.2) is 16.7 Å². The molecule has 1 atom stereocenters. The summed E-state index contributed by atoms with van der Waals surface area (Å²) >= 11 is 0. The minimum atomic E-state index is -1.00. The zero-order valence-electron chi connectivity index (χ0n) is 18.6. The van der Waals surface area contributed by atoms with E-state index >= 15 is 0 Å². The first-order chi connectivity index (χ1) is 15.5. The number of aromatic amines is 1. The Morgan fingerprint density at radius 3 is 2.44 bits per heavy atom. The average Bonchev–Trinajstić information content (AvgIpc) is 3.24. The minimum absolute atomic E-state index is 0.117. The summed E-state index contributed by atoms with van der Waals surface area (Å²) in [5, 5.41) is 0.848. The second-order valence-corrected chi connectivity index (χ2v) is 8.14. The Hall–Kier alpha value is -3.66. The second kappa shape index (κ2) is 9.23. The molecule has 0 aliphatic heterocycles. The highest BCUT2D eigenvalue weighted by atomic mass is 16.5. The van der Waals surface area contributed by atoms with Crippen LogP contribution in [0.4, 0.5) is 0 Å². The fraction of sp³-hybridized carbons (Fsp3) is 0.214. The van der Waals surface area contributed by atoms with Crippen molar-refractivity contribution in [3.63, 3.8) is 0 Å². The zero-order valence-corrected chi connectivity index (χ0v) is 18.6. The highest BCUT2D eigenvalue weighted by Crippen LogP contribution is 2.29. The highest BCUT2D eigenvalue weighted by Gasteiger charge is 2.28. The Morgan fingerprint density at radius 1 is 0.938 bits per heavy atom. The molecule has 162 valence electrons. The van der Waals surface area contributed by atoms with Crippen LogP contribution >= 0.6 is 0 Å². The summed E-state index contributed by atoms with van der Waals surface area (Å²) in [5.41, 5.74) is 6.45. The van der Waals surface area contributed by atoms with Gasteiger partial charge in [-0.15, -0.1) is 0 Å². The lowest BCUT2D eigenvalue weighted by Gasteiger charge is -2.17. The van der Waals surface area contributed by atoms with Crippen molar-refractivity contribution >= 4 is 22.7 Å². The van der Waals surface area contributed by atoms with Crippen molar-refractivity contribution < 1.29 is 14.3 Å². The summed E-state index contributed by atoms with van der Waals surface area (Å²) in [6.45, 7) is 6.13. The van der Waals surface area contributed by atoms with Gasteiger partial charge in [-0.25, -0.2) is 0 Å². The van der Waals surface area contributed by atoms with E-state index in [0.29, 0.717) is 11.1 Å². The van der Waals surface area contributed by atoms with Crippen LogP contribution in [0.15, 0.2) is 72.9 Å². The number of hydrogen-bond donors (Lipinski definition) is 1. The topological polar surface area (TPSA) is 59.2 Å². The molecule has 4 heteroatoms. The molecule has 1 N–H and O–H groups in total. The molecule has 3 aromatic carbocycles. The lowest BCUT2D eigenvalue weighted by Crippen LogP contribution is -2.21. The van der Waals surface area contributed by atoms with Gasteiger partial charge >= 0.3 is 5.97 Å². The predicted molar refractivity (Wildman–Crippen MR) is 127 cm³/mol. The Kier molecular flexibility index (Phi) is 6.22. The van der Waals surface area contributed by atoms with Crippen molar-refractivity contribution in [1.29, 1.82) is 0 Å². The monoisotopic (exact) mass is 425 g/mol. The van der Waals surface area contributed by atoms with E-state index in [1.807, 2.05) is 80.6 Å². The third-order valence-electron chi connectivity index (χ3n) is 5.96. The summed E-state index contributed by atoms with van der Waals surface area (Å²) < 4.78 is 5.80. The van der Waals surface area contributed by atoms with Crippen LogP contribution in [0.5, 0.6) is 0 Å². The van der Waals surface area contributed by atoms with Gasteiger partial charge in [0.15, 0.2) is 6.10 Å². The third kappa shape index (κ3) is 4.35. The van der Waals surface area contributed by atoms with E-state index in [4.69, 9.17) is 4.74 Å². The molecule has 0 amide bonds. The molecule has 4 rings (SSSR count). The molecule has 0 saturated carbocycles. The van der Waals surface area contributed by atoms with E-state index in [-0.39, 0.29) is 12.2 Å². The van der Waals surface area contributed by atoms with Gasteiger partial charge in [0.05, 0.1) is 6.42 Å². The number of para-hydroxylation sites is 1. The zero-order chi connectivity index (χ0) is 22.7. The van der Waals surface area contributed by atoms with E-state index in [2.05, 4.69) is 11.9 Å². The van der Waals surface area contributed by atoms with Gasteiger partial charge in [-0.1, -0.05) is 73.7 Å². The fourth-order valence-electron chi connectivity index (χ4n) is 4.01. The first-order valence-corrected chi connectivity index (χ1v) is 10.9. The third-order valence-corrected chi connectivity index (χ3v) is 5.96. The van der Waals surface area contributed by atoms with E-state index < -0.39 is 12.1 Å². The number of aromatic nitrogens is 1. The number of rotatable bonds is 7. The van der Waals surface area contributed by atoms with Gasteiger partial charge in [-0.05, 0) is 42.5 Å². The van der Waals surface area contributed by atoms with Crippen LogP contribution < -0.4 is 0 Å². The van der Waals surface area contributed by atoms with Crippen molar-refractivity contribution in [1.82, 2.24) is 4.98 Å². The van der Waals surface area contributed by atoms with Crippen LogP contribution in [0, 0.1) is 13.8 Å². The van der Waals surface area contributed by atoms with Gasteiger partial charge in [0.1, 0.15) is 0 Å². The van der Waals surface area contributed by atoms with Crippen molar-refractivity contribution in [3.05, 3.63) is 106 Å². The second-order valence-electron chi connectivity index (χ2n) is 8.14. The van der Waals surface area contributed by atoms with E-state index in [1.54, 1.807) is 6.20 Å². The maximum atomic E-state index is 13.6. The minimum Gasteiger partial charge on any atom is -0.449 e. The molecule has 0 aliphatic carbocycles. The SMILES string of the molecule is CCc1cccc2c(C(=O)[C@H](OC(=O)Cc3ccc(C)c(C)c3)c3ccccc3)c[nH]c12. The maximum Gasteiger partial charge on any atom is 0.311 e. The van der Waals surface area contributed by atoms with Crippen molar-refractivity contribution in [2.24, 2.45) is 0 Å². The average molecular weight is 426 g/mol. The Bertz CT molecular complexity index is 1270. The maximum absolute atomic E-state index is 13.6. The molecular weight excluding hydrogens is 398 g/mol. The van der Waals surface area contributed by atoms with Crippen LogP contribution in [0.1, 0.15) is 51.2 Å². The first-order valence-electron chi connectivity index (χ1n) is 10.9. The lowest BCUT2D eigenvalue weighted by atomic mass is 9.98. The van der Waals surface area contributed by atoms with Crippen molar-refractivity contribution in [3.8, 4) is 0 Å². The summed E-state index contributed by atoms with van der Waals surface area (Å²) in [4.78, 5) is 29.7. The van der Waals surface area contributed by atoms with Gasteiger partial charge in [0, 0.05) is 28.2 Å². The summed E-state index contributed by atoms with van der Waals surface area (Å²) in [7, 11) is 0. The lowest BCUT2D eigenvalue weighted by molar-refractivity contribution is -0.146. The molecule has 1 heterocycles. The Morgan fingerprint density at radius 2 is 1.72 bits per heavy atom.